The predicted octanol–water partition coefficient (Wildman–Crippen LogP) is 1.35. The molecule has 4 atom stereocenters. The second kappa shape index (κ2) is 6.14. The fourth-order valence-corrected chi connectivity index (χ4v) is 2.11. The summed E-state index contributed by atoms with van der Waals surface area (Å²) in [5.41, 5.74) is 0.433. The van der Waals surface area contributed by atoms with Crippen molar-refractivity contribution in [2.45, 2.75) is 37.9 Å². The van der Waals surface area contributed by atoms with E-state index in [1.807, 2.05) is 13.0 Å². The lowest BCUT2D eigenvalue weighted by Crippen LogP contribution is -2.50. The molecule has 0 spiro atoms. The van der Waals surface area contributed by atoms with Gasteiger partial charge in [-0.15, -0.1) is 0 Å². The van der Waals surface area contributed by atoms with Crippen LogP contribution < -0.4 is 0 Å². The Morgan fingerprint density at radius 2 is 2.05 bits per heavy atom. The van der Waals surface area contributed by atoms with E-state index in [1.54, 1.807) is 24.3 Å². The van der Waals surface area contributed by atoms with E-state index in [-0.39, 0.29) is 6.10 Å². The van der Waals surface area contributed by atoms with Gasteiger partial charge in [0.15, 0.2) is 12.4 Å². The minimum absolute atomic E-state index is 0.133. The van der Waals surface area contributed by atoms with Crippen LogP contribution in [0.15, 0.2) is 30.3 Å². The van der Waals surface area contributed by atoms with Gasteiger partial charge >= 0.3 is 5.97 Å². The highest BCUT2D eigenvalue weighted by molar-refractivity contribution is 5.89. The first-order chi connectivity index (χ1) is 9.11. The molecule has 1 aromatic rings. The summed E-state index contributed by atoms with van der Waals surface area (Å²) in [6, 6.07) is 8.63. The van der Waals surface area contributed by atoms with E-state index >= 15 is 0 Å². The molecule has 5 heteroatoms. The molecule has 0 bridgehead atoms. The predicted molar refractivity (Wildman–Crippen MR) is 67.6 cm³/mol. The highest BCUT2D eigenvalue weighted by Gasteiger charge is 2.39. The topological polar surface area (TPSA) is 65.0 Å². The first-order valence-electron chi connectivity index (χ1n) is 6.24. The van der Waals surface area contributed by atoms with Crippen molar-refractivity contribution < 1.29 is 24.1 Å². The summed E-state index contributed by atoms with van der Waals surface area (Å²) >= 11 is 0. The van der Waals surface area contributed by atoms with Crippen LogP contribution in [0.2, 0.25) is 0 Å². The van der Waals surface area contributed by atoms with E-state index in [2.05, 4.69) is 0 Å². The fourth-order valence-electron chi connectivity index (χ4n) is 2.11. The highest BCUT2D eigenvalue weighted by atomic mass is 16.7. The van der Waals surface area contributed by atoms with E-state index in [4.69, 9.17) is 14.2 Å². The minimum atomic E-state index is -0.811. The van der Waals surface area contributed by atoms with E-state index in [9.17, 15) is 9.90 Å². The van der Waals surface area contributed by atoms with Crippen molar-refractivity contribution in [2.75, 3.05) is 7.11 Å². The number of aliphatic hydroxyl groups excluding tert-OH is 1. The van der Waals surface area contributed by atoms with E-state index in [0.717, 1.165) is 0 Å². The molecule has 1 aliphatic heterocycles. The number of esters is 1. The monoisotopic (exact) mass is 266 g/mol. The van der Waals surface area contributed by atoms with Gasteiger partial charge in [-0.3, -0.25) is 0 Å². The molecule has 1 saturated heterocycles. The van der Waals surface area contributed by atoms with Gasteiger partial charge in [0.2, 0.25) is 0 Å². The summed E-state index contributed by atoms with van der Waals surface area (Å²) in [6.07, 6.45) is -2.07. The van der Waals surface area contributed by atoms with Crippen molar-refractivity contribution in [2.24, 2.45) is 0 Å². The quantitative estimate of drug-likeness (QED) is 0.837. The third kappa shape index (κ3) is 3.32. The normalized spacial score (nSPS) is 30.9. The van der Waals surface area contributed by atoms with Crippen LogP contribution in [0.4, 0.5) is 0 Å². The summed E-state index contributed by atoms with van der Waals surface area (Å²) in [5, 5.41) is 10.00. The third-order valence-electron chi connectivity index (χ3n) is 3.07. The Morgan fingerprint density at radius 3 is 2.68 bits per heavy atom. The second-order valence-electron chi connectivity index (χ2n) is 4.59. The summed E-state index contributed by atoms with van der Waals surface area (Å²) in [6.45, 7) is 1.84. The SMILES string of the molecule is COC1O[C@H](C)C[C@@H](O)[C@H]1OC(=O)c1ccccc1. The van der Waals surface area contributed by atoms with Gasteiger partial charge in [0.1, 0.15) is 0 Å². The number of aliphatic hydroxyl groups is 1. The smallest absolute Gasteiger partial charge is 0.338 e. The molecule has 2 rings (SSSR count). The maximum absolute atomic E-state index is 12.0. The number of ether oxygens (including phenoxy) is 3. The Labute approximate surface area is 112 Å². The van der Waals surface area contributed by atoms with E-state index < -0.39 is 24.5 Å². The number of benzene rings is 1. The second-order valence-corrected chi connectivity index (χ2v) is 4.59. The van der Waals surface area contributed by atoms with Gasteiger partial charge < -0.3 is 19.3 Å². The number of methoxy groups -OCH3 is 1. The Hall–Kier alpha value is -1.43. The molecule has 19 heavy (non-hydrogen) atoms. The van der Waals surface area contributed by atoms with Crippen LogP contribution in [-0.2, 0) is 14.2 Å². The number of hydrogen-bond donors (Lipinski definition) is 1. The van der Waals surface area contributed by atoms with Crippen LogP contribution in [0.3, 0.4) is 0 Å². The van der Waals surface area contributed by atoms with Gasteiger partial charge in [-0.1, -0.05) is 18.2 Å². The van der Waals surface area contributed by atoms with Crippen LogP contribution in [-0.4, -0.2) is 42.8 Å². The van der Waals surface area contributed by atoms with Crippen LogP contribution >= 0.6 is 0 Å². The molecular weight excluding hydrogens is 248 g/mol. The molecule has 0 radical (unpaired) electrons. The number of hydrogen-bond acceptors (Lipinski definition) is 5. The molecule has 0 saturated carbocycles. The first-order valence-corrected chi connectivity index (χ1v) is 6.24. The van der Waals surface area contributed by atoms with Crippen molar-refractivity contribution in [1.82, 2.24) is 0 Å². The number of carbonyl (C=O) groups excluding carboxylic acids is 1. The molecule has 1 N–H and O–H groups in total. The standard InChI is InChI=1S/C14H18O5/c1-9-8-11(15)12(14(17-2)18-9)19-13(16)10-6-4-3-5-7-10/h3-7,9,11-12,14-15H,8H2,1-2H3/t9-,11-,12-,14?/m1/s1. The Balaban J connectivity index is 2.06. The van der Waals surface area contributed by atoms with Crippen molar-refractivity contribution >= 4 is 5.97 Å². The van der Waals surface area contributed by atoms with Gasteiger partial charge in [-0.25, -0.2) is 4.79 Å². The van der Waals surface area contributed by atoms with E-state index in [0.29, 0.717) is 12.0 Å². The lowest BCUT2D eigenvalue weighted by Gasteiger charge is -2.36. The Kier molecular flexibility index (Phi) is 4.52. The molecule has 1 heterocycles. The zero-order valence-corrected chi connectivity index (χ0v) is 11.0. The Morgan fingerprint density at radius 1 is 1.37 bits per heavy atom. The molecule has 0 aromatic heterocycles. The van der Waals surface area contributed by atoms with Crippen molar-refractivity contribution in [3.63, 3.8) is 0 Å². The molecule has 0 aliphatic carbocycles. The average Bonchev–Trinajstić information content (AvgIpc) is 2.42. The lowest BCUT2D eigenvalue weighted by atomic mass is 10.0. The summed E-state index contributed by atoms with van der Waals surface area (Å²) in [4.78, 5) is 12.0. The minimum Gasteiger partial charge on any atom is -0.451 e. The fraction of sp³-hybridized carbons (Fsp3) is 0.500. The summed E-state index contributed by atoms with van der Waals surface area (Å²) in [5.74, 6) is -0.496. The van der Waals surface area contributed by atoms with Crippen LogP contribution in [0.5, 0.6) is 0 Å². The zero-order chi connectivity index (χ0) is 13.8. The van der Waals surface area contributed by atoms with Crippen molar-refractivity contribution in [3.05, 3.63) is 35.9 Å². The average molecular weight is 266 g/mol. The Bertz CT molecular complexity index is 419. The zero-order valence-electron chi connectivity index (χ0n) is 11.0. The van der Waals surface area contributed by atoms with E-state index in [1.165, 1.54) is 7.11 Å². The molecule has 1 aliphatic rings. The third-order valence-corrected chi connectivity index (χ3v) is 3.07. The van der Waals surface area contributed by atoms with Gasteiger partial charge in [0.05, 0.1) is 17.8 Å². The van der Waals surface area contributed by atoms with Gasteiger partial charge in [-0.2, -0.15) is 0 Å². The van der Waals surface area contributed by atoms with Crippen molar-refractivity contribution in [1.29, 1.82) is 0 Å². The van der Waals surface area contributed by atoms with Gasteiger partial charge in [-0.05, 0) is 19.1 Å². The number of carbonyl (C=O) groups is 1. The highest BCUT2D eigenvalue weighted by Crippen LogP contribution is 2.24. The lowest BCUT2D eigenvalue weighted by molar-refractivity contribution is -0.253. The molecular formula is C14H18O5. The molecule has 1 unspecified atom stereocenters. The van der Waals surface area contributed by atoms with Crippen molar-refractivity contribution in [3.8, 4) is 0 Å². The van der Waals surface area contributed by atoms with Crippen LogP contribution in [0, 0.1) is 0 Å². The molecule has 5 nitrogen and oxygen atoms in total. The maximum atomic E-state index is 12.0. The largest absolute Gasteiger partial charge is 0.451 e. The van der Waals surface area contributed by atoms with Crippen LogP contribution in [0.1, 0.15) is 23.7 Å². The van der Waals surface area contributed by atoms with Gasteiger partial charge in [0.25, 0.3) is 0 Å². The van der Waals surface area contributed by atoms with Crippen LogP contribution in [0.25, 0.3) is 0 Å². The van der Waals surface area contributed by atoms with Gasteiger partial charge in [0, 0.05) is 13.5 Å². The molecule has 0 amide bonds. The molecule has 1 fully saturated rings. The first kappa shape index (κ1) is 14.0. The summed E-state index contributed by atoms with van der Waals surface area (Å²) in [7, 11) is 1.46. The molecule has 1 aromatic carbocycles. The number of rotatable bonds is 3. The maximum Gasteiger partial charge on any atom is 0.338 e. The summed E-state index contributed by atoms with van der Waals surface area (Å²) < 4.78 is 15.9. The molecule has 104 valence electrons.